The Balaban J connectivity index is 1.50. The van der Waals surface area contributed by atoms with Crippen LogP contribution in [0.25, 0.3) is 11.0 Å². The van der Waals surface area contributed by atoms with Crippen LogP contribution in [-0.4, -0.2) is 40.1 Å². The van der Waals surface area contributed by atoms with E-state index in [2.05, 4.69) is 46.3 Å². The Labute approximate surface area is 191 Å². The Morgan fingerprint density at radius 2 is 1.97 bits per heavy atom. The zero-order chi connectivity index (χ0) is 22.1. The molecule has 2 aromatic carbocycles. The molecule has 7 heteroatoms. The lowest BCUT2D eigenvalue weighted by Gasteiger charge is -2.27. The molecule has 3 atom stereocenters. The van der Waals surface area contributed by atoms with Crippen molar-refractivity contribution in [2.75, 3.05) is 13.7 Å². The largest absolute Gasteiger partial charge is 0.497 e. The molecule has 1 amide bonds. The zero-order valence-electron chi connectivity index (χ0n) is 18.3. The minimum atomic E-state index is -0.102. The normalized spacial score (nSPS) is 18.4. The van der Waals surface area contributed by atoms with E-state index in [-0.39, 0.29) is 24.0 Å². The van der Waals surface area contributed by atoms with Gasteiger partial charge in [0.15, 0.2) is 0 Å². The molecule has 0 aliphatic carbocycles. The topological polar surface area (TPSA) is 56.6 Å². The predicted octanol–water partition coefficient (Wildman–Crippen LogP) is 5.20. The average molecular weight is 486 g/mol. The molecule has 1 fully saturated rings. The van der Waals surface area contributed by atoms with E-state index in [4.69, 9.17) is 9.47 Å². The van der Waals surface area contributed by atoms with E-state index in [1.807, 2.05) is 47.6 Å². The van der Waals surface area contributed by atoms with Gasteiger partial charge in [-0.1, -0.05) is 28.1 Å². The number of aryl methyl sites for hydroxylation is 1. The number of hydrogen-bond acceptors (Lipinski definition) is 4. The fraction of sp³-hybridized carbons (Fsp3) is 0.417. The maximum atomic E-state index is 12.8. The van der Waals surface area contributed by atoms with E-state index in [1.54, 1.807) is 7.11 Å². The number of amides is 1. The molecule has 0 spiro atoms. The number of benzene rings is 2. The lowest BCUT2D eigenvalue weighted by molar-refractivity contribution is -0.129. The van der Waals surface area contributed by atoms with Gasteiger partial charge in [-0.05, 0) is 50.6 Å². The zero-order valence-corrected chi connectivity index (χ0v) is 19.9. The minimum absolute atomic E-state index is 0.00899. The minimum Gasteiger partial charge on any atom is -0.497 e. The first-order valence-electron chi connectivity index (χ1n) is 10.7. The molecule has 6 nitrogen and oxygen atoms in total. The van der Waals surface area contributed by atoms with Gasteiger partial charge in [0.05, 0.1) is 25.0 Å². The Morgan fingerprint density at radius 1 is 1.23 bits per heavy atom. The number of methoxy groups -OCH3 is 1. The van der Waals surface area contributed by atoms with Crippen molar-refractivity contribution in [1.82, 2.24) is 14.5 Å². The molecule has 0 N–H and O–H groups in total. The van der Waals surface area contributed by atoms with Crippen LogP contribution < -0.4 is 9.47 Å². The number of ether oxygens (including phenoxy) is 2. The molecule has 1 aliphatic heterocycles. The van der Waals surface area contributed by atoms with Crippen LogP contribution in [0.4, 0.5) is 0 Å². The van der Waals surface area contributed by atoms with Crippen LogP contribution in [0.3, 0.4) is 0 Å². The van der Waals surface area contributed by atoms with E-state index in [1.165, 1.54) is 0 Å². The van der Waals surface area contributed by atoms with E-state index in [0.29, 0.717) is 13.0 Å². The van der Waals surface area contributed by atoms with Crippen molar-refractivity contribution in [1.29, 1.82) is 0 Å². The third kappa shape index (κ3) is 4.28. The lowest BCUT2D eigenvalue weighted by Crippen LogP contribution is -2.31. The molecule has 1 aliphatic rings. The number of aromatic nitrogens is 2. The summed E-state index contributed by atoms with van der Waals surface area (Å²) in [7, 11) is 1.65. The summed E-state index contributed by atoms with van der Waals surface area (Å²) in [6.45, 7) is 7.71. The van der Waals surface area contributed by atoms with Gasteiger partial charge in [0.1, 0.15) is 23.1 Å². The highest BCUT2D eigenvalue weighted by molar-refractivity contribution is 9.10. The first-order valence-corrected chi connectivity index (χ1v) is 11.4. The highest BCUT2D eigenvalue weighted by Gasteiger charge is 2.37. The van der Waals surface area contributed by atoms with Crippen molar-refractivity contribution in [3.05, 3.63) is 52.8 Å². The quantitative estimate of drug-likeness (QED) is 0.461. The number of likely N-dealkylation sites (tertiary alicyclic amines) is 1. The van der Waals surface area contributed by atoms with Crippen LogP contribution in [0.1, 0.15) is 38.8 Å². The first-order chi connectivity index (χ1) is 14.9. The average Bonchev–Trinajstić information content (AvgIpc) is 3.36. The second-order valence-electron chi connectivity index (χ2n) is 8.08. The van der Waals surface area contributed by atoms with E-state index < -0.39 is 0 Å². The predicted molar refractivity (Wildman–Crippen MR) is 124 cm³/mol. The second-order valence-corrected chi connectivity index (χ2v) is 9.00. The van der Waals surface area contributed by atoms with Crippen LogP contribution in [-0.2, 0) is 11.3 Å². The van der Waals surface area contributed by atoms with Crippen molar-refractivity contribution in [3.63, 3.8) is 0 Å². The number of carbonyl (C=O) groups excluding carboxylic acids is 1. The number of hydrogen-bond donors (Lipinski definition) is 0. The van der Waals surface area contributed by atoms with Crippen molar-refractivity contribution in [2.45, 2.75) is 45.9 Å². The van der Waals surface area contributed by atoms with Crippen LogP contribution >= 0.6 is 15.9 Å². The molecule has 4 rings (SSSR count). The number of imidazole rings is 1. The van der Waals surface area contributed by atoms with Gasteiger partial charge in [-0.3, -0.25) is 4.79 Å². The Hall–Kier alpha value is -2.54. The highest BCUT2D eigenvalue weighted by atomic mass is 79.9. The summed E-state index contributed by atoms with van der Waals surface area (Å²) in [5.41, 5.74) is 2.99. The van der Waals surface area contributed by atoms with Crippen molar-refractivity contribution in [3.8, 4) is 11.5 Å². The van der Waals surface area contributed by atoms with Gasteiger partial charge < -0.3 is 18.9 Å². The highest BCUT2D eigenvalue weighted by Crippen LogP contribution is 2.35. The summed E-state index contributed by atoms with van der Waals surface area (Å²) >= 11 is 3.56. The molecule has 1 aromatic heterocycles. The van der Waals surface area contributed by atoms with Crippen LogP contribution in [0.15, 0.2) is 47.2 Å². The molecule has 3 aromatic rings. The SMILES string of the molecule is CCn1cnc2cc(Br)cc(O[C@H](C)C3CC(=O)N([C@H](C)c4ccc(OC)cc4)C3)c21. The molecule has 1 unspecified atom stereocenters. The lowest BCUT2D eigenvalue weighted by atomic mass is 10.0. The molecular formula is C24H28BrN3O3. The summed E-state index contributed by atoms with van der Waals surface area (Å²) in [6.07, 6.45) is 2.23. The van der Waals surface area contributed by atoms with E-state index >= 15 is 0 Å². The van der Waals surface area contributed by atoms with Crippen LogP contribution in [0.2, 0.25) is 0 Å². The molecular weight excluding hydrogens is 458 g/mol. The van der Waals surface area contributed by atoms with Gasteiger partial charge in [-0.25, -0.2) is 4.98 Å². The van der Waals surface area contributed by atoms with Gasteiger partial charge >= 0.3 is 0 Å². The number of rotatable bonds is 7. The molecule has 31 heavy (non-hydrogen) atoms. The third-order valence-corrected chi connectivity index (χ3v) is 6.67. The first kappa shape index (κ1) is 21.7. The molecule has 0 saturated carbocycles. The van der Waals surface area contributed by atoms with E-state index in [0.717, 1.165) is 39.1 Å². The Morgan fingerprint density at radius 3 is 2.65 bits per heavy atom. The third-order valence-electron chi connectivity index (χ3n) is 6.21. The van der Waals surface area contributed by atoms with Gasteiger partial charge in [0.2, 0.25) is 5.91 Å². The Bertz CT molecular complexity index is 1080. The number of nitrogens with zero attached hydrogens (tertiary/aromatic N) is 3. The Kier molecular flexibility index (Phi) is 6.23. The van der Waals surface area contributed by atoms with Crippen molar-refractivity contribution in [2.24, 2.45) is 5.92 Å². The summed E-state index contributed by atoms with van der Waals surface area (Å²) in [6, 6.07) is 11.9. The summed E-state index contributed by atoms with van der Waals surface area (Å²) in [5, 5.41) is 0. The number of fused-ring (bicyclic) bond motifs is 1. The van der Waals surface area contributed by atoms with Gasteiger partial charge in [0.25, 0.3) is 0 Å². The standard InChI is InChI=1S/C24H28BrN3O3/c1-5-27-14-26-21-11-19(25)12-22(24(21)27)31-16(3)18-10-23(29)28(13-18)15(2)17-6-8-20(30-4)9-7-17/h6-9,11-12,14-16,18H,5,10,13H2,1-4H3/t15-,16-,18?/m1/s1. The fourth-order valence-corrected chi connectivity index (χ4v) is 4.70. The fourth-order valence-electron chi connectivity index (χ4n) is 4.27. The van der Waals surface area contributed by atoms with E-state index in [9.17, 15) is 4.79 Å². The van der Waals surface area contributed by atoms with Crippen LogP contribution in [0.5, 0.6) is 11.5 Å². The van der Waals surface area contributed by atoms with Crippen molar-refractivity contribution < 1.29 is 14.3 Å². The summed E-state index contributed by atoms with van der Waals surface area (Å²) in [5.74, 6) is 1.91. The molecule has 0 radical (unpaired) electrons. The maximum absolute atomic E-state index is 12.8. The summed E-state index contributed by atoms with van der Waals surface area (Å²) in [4.78, 5) is 19.3. The van der Waals surface area contributed by atoms with Gasteiger partial charge in [-0.15, -0.1) is 0 Å². The monoisotopic (exact) mass is 485 g/mol. The van der Waals surface area contributed by atoms with Gasteiger partial charge in [-0.2, -0.15) is 0 Å². The summed E-state index contributed by atoms with van der Waals surface area (Å²) < 4.78 is 14.7. The van der Waals surface area contributed by atoms with Crippen LogP contribution in [0, 0.1) is 5.92 Å². The second kappa shape index (κ2) is 8.91. The number of halogens is 1. The molecule has 1 saturated heterocycles. The maximum Gasteiger partial charge on any atom is 0.223 e. The molecule has 2 heterocycles. The van der Waals surface area contributed by atoms with Crippen molar-refractivity contribution >= 4 is 32.9 Å². The molecule has 0 bridgehead atoms. The van der Waals surface area contributed by atoms with Gasteiger partial charge in [0, 0.05) is 29.9 Å². The smallest absolute Gasteiger partial charge is 0.223 e. The molecule has 164 valence electrons. The number of carbonyl (C=O) groups is 1.